The Balaban J connectivity index is 1.87. The number of anilines is 2. The van der Waals surface area contributed by atoms with Gasteiger partial charge in [0.2, 0.25) is 5.13 Å². The second-order valence-corrected chi connectivity index (χ2v) is 7.00. The van der Waals surface area contributed by atoms with Gasteiger partial charge < -0.3 is 5.32 Å². The molecule has 2 aromatic rings. The van der Waals surface area contributed by atoms with E-state index in [1.807, 2.05) is 24.3 Å². The summed E-state index contributed by atoms with van der Waals surface area (Å²) < 4.78 is 38.0. The van der Waals surface area contributed by atoms with Gasteiger partial charge in [-0.3, -0.25) is 0 Å². The van der Waals surface area contributed by atoms with Crippen LogP contribution in [0.15, 0.2) is 45.0 Å². The Morgan fingerprint density at radius 2 is 1.90 bits per heavy atom. The minimum atomic E-state index is -2.26. The number of nitrogens with one attached hydrogen (secondary N) is 1. The maximum Gasteiger partial charge on any atom is 0.301 e. The molecule has 3 nitrogen and oxygen atoms in total. The topological polar surface area (TPSA) is 37.8 Å². The predicted molar refractivity (Wildman–Crippen MR) is 83.0 cm³/mol. The zero-order chi connectivity index (χ0) is 15.2. The van der Waals surface area contributed by atoms with Crippen molar-refractivity contribution in [2.45, 2.75) is 10.8 Å². The highest BCUT2D eigenvalue weighted by atomic mass is 79.9. The van der Waals surface area contributed by atoms with Crippen LogP contribution in [0.25, 0.3) is 0 Å². The minimum Gasteiger partial charge on any atom is -0.330 e. The van der Waals surface area contributed by atoms with Gasteiger partial charge in [-0.15, -0.1) is 10.2 Å². The summed E-state index contributed by atoms with van der Waals surface area (Å²) >= 11 is 5.81. The zero-order valence-corrected chi connectivity index (χ0v) is 13.7. The molecule has 9 heteroatoms. The molecule has 1 heterocycles. The number of hydrogen-bond donors (Lipinski definition) is 1. The molecule has 1 N–H and O–H groups in total. The molecule has 0 atom stereocenters. The Morgan fingerprint density at radius 1 is 1.19 bits per heavy atom. The van der Waals surface area contributed by atoms with Crippen LogP contribution in [-0.4, -0.2) is 16.0 Å². The molecule has 2 rings (SSSR count). The standard InChI is InChI=1S/C12H9BrF3N3S2/c13-7-1-3-8(4-2-7)17-11-18-19-12(21-11)20-6-5-9(14)10(15)16/h1-4H,5-6H2,(H,17,18). The third kappa shape index (κ3) is 5.33. The molecule has 0 aliphatic carbocycles. The lowest BCUT2D eigenvalue weighted by Crippen LogP contribution is -1.88. The van der Waals surface area contributed by atoms with E-state index in [1.165, 1.54) is 23.1 Å². The van der Waals surface area contributed by atoms with Crippen molar-refractivity contribution in [1.82, 2.24) is 10.2 Å². The average Bonchev–Trinajstić information content (AvgIpc) is 2.89. The van der Waals surface area contributed by atoms with Gasteiger partial charge in [-0.2, -0.15) is 8.78 Å². The van der Waals surface area contributed by atoms with Crippen LogP contribution in [0, 0.1) is 0 Å². The second-order valence-electron chi connectivity index (χ2n) is 3.77. The Hall–Kier alpha value is -1.06. The molecule has 1 aromatic carbocycles. The first-order valence-electron chi connectivity index (χ1n) is 5.73. The molecule has 0 amide bonds. The van der Waals surface area contributed by atoms with Crippen molar-refractivity contribution in [2.24, 2.45) is 0 Å². The van der Waals surface area contributed by atoms with Gasteiger partial charge in [-0.05, 0) is 24.3 Å². The molecule has 0 bridgehead atoms. The maximum absolute atomic E-state index is 12.6. The van der Waals surface area contributed by atoms with Crippen LogP contribution in [0.2, 0.25) is 0 Å². The molecule has 112 valence electrons. The quantitative estimate of drug-likeness (QED) is 0.645. The van der Waals surface area contributed by atoms with E-state index in [0.29, 0.717) is 9.47 Å². The van der Waals surface area contributed by atoms with Gasteiger partial charge in [0, 0.05) is 22.3 Å². The number of rotatable bonds is 6. The first kappa shape index (κ1) is 16.3. The van der Waals surface area contributed by atoms with Crippen LogP contribution in [0.3, 0.4) is 0 Å². The third-order valence-corrected chi connectivity index (χ3v) is 4.76. The van der Waals surface area contributed by atoms with E-state index in [4.69, 9.17) is 0 Å². The Labute approximate surface area is 135 Å². The fraction of sp³-hybridized carbons (Fsp3) is 0.167. The monoisotopic (exact) mass is 395 g/mol. The highest BCUT2D eigenvalue weighted by Gasteiger charge is 2.08. The molecule has 21 heavy (non-hydrogen) atoms. The highest BCUT2D eigenvalue weighted by molar-refractivity contribution is 9.10. The number of aromatic nitrogens is 2. The second kappa shape index (κ2) is 7.81. The van der Waals surface area contributed by atoms with E-state index in [-0.39, 0.29) is 12.2 Å². The van der Waals surface area contributed by atoms with E-state index < -0.39 is 11.9 Å². The fourth-order valence-corrected chi connectivity index (χ4v) is 3.34. The molecule has 0 fully saturated rings. The first-order chi connectivity index (χ1) is 10.0. The molecular weight excluding hydrogens is 387 g/mol. The summed E-state index contributed by atoms with van der Waals surface area (Å²) in [5, 5.41) is 11.5. The smallest absolute Gasteiger partial charge is 0.301 e. The summed E-state index contributed by atoms with van der Waals surface area (Å²) in [4.78, 5) is 0. The van der Waals surface area contributed by atoms with Crippen LogP contribution in [0.4, 0.5) is 24.0 Å². The molecule has 0 radical (unpaired) electrons. The predicted octanol–water partition coefficient (Wildman–Crippen LogP) is 5.60. The molecule has 0 aliphatic heterocycles. The van der Waals surface area contributed by atoms with Crippen molar-refractivity contribution in [3.63, 3.8) is 0 Å². The summed E-state index contributed by atoms with van der Waals surface area (Å²) in [6, 6.07) is 7.53. The molecule has 0 saturated carbocycles. The fourth-order valence-electron chi connectivity index (χ4n) is 1.30. The lowest BCUT2D eigenvalue weighted by molar-refractivity contribution is 0.373. The molecular formula is C12H9BrF3N3S2. The van der Waals surface area contributed by atoms with E-state index in [1.54, 1.807) is 0 Å². The molecule has 0 unspecified atom stereocenters. The van der Waals surface area contributed by atoms with Gasteiger partial charge in [-0.25, -0.2) is 4.39 Å². The van der Waals surface area contributed by atoms with E-state index in [2.05, 4.69) is 31.4 Å². The molecule has 0 spiro atoms. The largest absolute Gasteiger partial charge is 0.330 e. The minimum absolute atomic E-state index is 0.191. The van der Waals surface area contributed by atoms with Crippen LogP contribution in [0.1, 0.15) is 6.42 Å². The van der Waals surface area contributed by atoms with Gasteiger partial charge in [0.1, 0.15) is 0 Å². The van der Waals surface area contributed by atoms with Gasteiger partial charge in [0.05, 0.1) is 0 Å². The Morgan fingerprint density at radius 3 is 2.57 bits per heavy atom. The number of benzene rings is 1. The Kier molecular flexibility index (Phi) is 6.07. The summed E-state index contributed by atoms with van der Waals surface area (Å²) in [5.74, 6) is -1.18. The number of allylic oxidation sites excluding steroid dienone is 1. The van der Waals surface area contributed by atoms with E-state index in [9.17, 15) is 13.2 Å². The van der Waals surface area contributed by atoms with Crippen molar-refractivity contribution < 1.29 is 13.2 Å². The zero-order valence-electron chi connectivity index (χ0n) is 10.4. The summed E-state index contributed by atoms with van der Waals surface area (Å²) in [7, 11) is 0. The van der Waals surface area contributed by atoms with Crippen LogP contribution in [-0.2, 0) is 0 Å². The maximum atomic E-state index is 12.6. The number of thioether (sulfide) groups is 1. The SMILES string of the molecule is FC(F)=C(F)CCSc1nnc(Nc2ccc(Br)cc2)s1. The Bertz CT molecular complexity index is 627. The molecule has 0 saturated heterocycles. The van der Waals surface area contributed by atoms with Crippen molar-refractivity contribution in [2.75, 3.05) is 11.1 Å². The summed E-state index contributed by atoms with van der Waals surface area (Å²) in [6.07, 6.45) is -2.58. The van der Waals surface area contributed by atoms with Crippen molar-refractivity contribution in [1.29, 1.82) is 0 Å². The summed E-state index contributed by atoms with van der Waals surface area (Å²) in [6.45, 7) is 0. The number of halogens is 4. The van der Waals surface area contributed by atoms with E-state index >= 15 is 0 Å². The van der Waals surface area contributed by atoms with Crippen LogP contribution >= 0.6 is 39.0 Å². The highest BCUT2D eigenvalue weighted by Crippen LogP contribution is 2.29. The average molecular weight is 396 g/mol. The molecule has 0 aliphatic rings. The van der Waals surface area contributed by atoms with Crippen molar-refractivity contribution in [3.05, 3.63) is 40.6 Å². The lowest BCUT2D eigenvalue weighted by Gasteiger charge is -2.00. The number of hydrogen-bond acceptors (Lipinski definition) is 5. The van der Waals surface area contributed by atoms with Crippen LogP contribution < -0.4 is 5.32 Å². The normalized spacial score (nSPS) is 10.5. The van der Waals surface area contributed by atoms with E-state index in [0.717, 1.165) is 10.2 Å². The molecule has 1 aromatic heterocycles. The first-order valence-corrected chi connectivity index (χ1v) is 8.32. The van der Waals surface area contributed by atoms with Crippen molar-refractivity contribution in [3.8, 4) is 0 Å². The number of nitrogens with zero attached hydrogens (tertiary/aromatic N) is 2. The van der Waals surface area contributed by atoms with Gasteiger partial charge in [-0.1, -0.05) is 39.0 Å². The van der Waals surface area contributed by atoms with Crippen LogP contribution in [0.5, 0.6) is 0 Å². The van der Waals surface area contributed by atoms with Gasteiger partial charge in [0.15, 0.2) is 10.2 Å². The third-order valence-electron chi connectivity index (χ3n) is 2.25. The lowest BCUT2D eigenvalue weighted by atomic mass is 10.3. The summed E-state index contributed by atoms with van der Waals surface area (Å²) in [5.41, 5.74) is 0.861. The van der Waals surface area contributed by atoms with Gasteiger partial charge in [0.25, 0.3) is 0 Å². The van der Waals surface area contributed by atoms with Gasteiger partial charge >= 0.3 is 6.08 Å². The van der Waals surface area contributed by atoms with Crippen molar-refractivity contribution >= 4 is 49.8 Å².